The molecule has 1 fully saturated rings. The second-order valence-corrected chi connectivity index (χ2v) is 5.69. The van der Waals surface area contributed by atoms with Gasteiger partial charge >= 0.3 is 0 Å². The Bertz CT molecular complexity index is 470. The number of carbonyl (C=O) groups is 2. The van der Waals surface area contributed by atoms with E-state index in [1.54, 1.807) is 18.2 Å². The van der Waals surface area contributed by atoms with Gasteiger partial charge in [0, 0.05) is 10.9 Å². The van der Waals surface area contributed by atoms with E-state index in [2.05, 4.69) is 26.8 Å². The lowest BCUT2D eigenvalue weighted by molar-refractivity contribution is -0.122. The zero-order valence-corrected chi connectivity index (χ0v) is 12.2. The molecule has 1 saturated carbocycles. The van der Waals surface area contributed by atoms with Crippen molar-refractivity contribution in [2.75, 3.05) is 0 Å². The second kappa shape index (κ2) is 6.70. The van der Waals surface area contributed by atoms with Crippen LogP contribution >= 0.6 is 15.9 Å². The molecule has 0 saturated heterocycles. The average molecular weight is 325 g/mol. The van der Waals surface area contributed by atoms with Crippen LogP contribution in [-0.4, -0.2) is 11.8 Å². The van der Waals surface area contributed by atoms with E-state index >= 15 is 0 Å². The van der Waals surface area contributed by atoms with Crippen LogP contribution in [0.15, 0.2) is 28.7 Å². The average Bonchev–Trinajstić information content (AvgIpc) is 2.89. The first kappa shape index (κ1) is 14.1. The molecule has 1 aromatic rings. The standard InChI is InChI=1S/C14H17BrN2O2/c15-12-8-4-3-7-11(12)14(19)17-16-13(18)9-10-5-1-2-6-10/h3-4,7-8,10H,1-2,5-6,9H2,(H,16,18)(H,17,19). The molecule has 1 aliphatic carbocycles. The summed E-state index contributed by atoms with van der Waals surface area (Å²) < 4.78 is 0.706. The number of halogens is 1. The topological polar surface area (TPSA) is 58.2 Å². The third-order valence-electron chi connectivity index (χ3n) is 3.38. The Balaban J connectivity index is 1.80. The van der Waals surface area contributed by atoms with E-state index in [0.29, 0.717) is 22.4 Å². The number of nitrogens with one attached hydrogen (secondary N) is 2. The Morgan fingerprint density at radius 2 is 1.84 bits per heavy atom. The summed E-state index contributed by atoms with van der Waals surface area (Å²) in [4.78, 5) is 23.5. The lowest BCUT2D eigenvalue weighted by Crippen LogP contribution is -2.42. The molecule has 2 amide bonds. The van der Waals surface area contributed by atoms with Crippen molar-refractivity contribution in [3.05, 3.63) is 34.3 Å². The van der Waals surface area contributed by atoms with Crippen molar-refractivity contribution in [3.63, 3.8) is 0 Å². The highest BCUT2D eigenvalue weighted by Gasteiger charge is 2.18. The van der Waals surface area contributed by atoms with E-state index in [1.165, 1.54) is 12.8 Å². The highest BCUT2D eigenvalue weighted by Crippen LogP contribution is 2.27. The zero-order valence-electron chi connectivity index (χ0n) is 10.6. The van der Waals surface area contributed by atoms with Crippen LogP contribution < -0.4 is 10.9 Å². The van der Waals surface area contributed by atoms with Gasteiger partial charge in [0.1, 0.15) is 0 Å². The normalized spacial score (nSPS) is 15.2. The van der Waals surface area contributed by atoms with Gasteiger partial charge in [-0.05, 0) is 46.8 Å². The van der Waals surface area contributed by atoms with Crippen molar-refractivity contribution in [1.29, 1.82) is 0 Å². The largest absolute Gasteiger partial charge is 0.273 e. The van der Waals surface area contributed by atoms with Crippen molar-refractivity contribution in [1.82, 2.24) is 10.9 Å². The SMILES string of the molecule is O=C(CC1CCCC1)NNC(=O)c1ccccc1Br. The zero-order chi connectivity index (χ0) is 13.7. The molecular weight excluding hydrogens is 308 g/mol. The predicted molar refractivity (Wildman–Crippen MR) is 76.3 cm³/mol. The smallest absolute Gasteiger partial charge is 0.270 e. The number of amides is 2. The third kappa shape index (κ3) is 4.06. The Morgan fingerprint density at radius 3 is 2.53 bits per heavy atom. The molecule has 0 spiro atoms. The molecule has 0 radical (unpaired) electrons. The first-order chi connectivity index (χ1) is 9.16. The molecule has 2 N–H and O–H groups in total. The van der Waals surface area contributed by atoms with Gasteiger partial charge in [0.25, 0.3) is 5.91 Å². The maximum absolute atomic E-state index is 11.9. The Hall–Kier alpha value is -1.36. The highest BCUT2D eigenvalue weighted by molar-refractivity contribution is 9.10. The molecule has 0 unspecified atom stereocenters. The number of hydrogen-bond acceptors (Lipinski definition) is 2. The Labute approximate surface area is 121 Å². The number of hydrazine groups is 1. The van der Waals surface area contributed by atoms with Crippen LogP contribution in [0.1, 0.15) is 42.5 Å². The van der Waals surface area contributed by atoms with E-state index in [4.69, 9.17) is 0 Å². The first-order valence-corrected chi connectivity index (χ1v) is 7.30. The predicted octanol–water partition coefficient (Wildman–Crippen LogP) is 2.79. The van der Waals surface area contributed by atoms with Crippen molar-refractivity contribution in [2.45, 2.75) is 32.1 Å². The van der Waals surface area contributed by atoms with E-state index in [-0.39, 0.29) is 11.8 Å². The second-order valence-electron chi connectivity index (χ2n) is 4.84. The number of carbonyl (C=O) groups excluding carboxylic acids is 2. The number of hydrogen-bond donors (Lipinski definition) is 2. The summed E-state index contributed by atoms with van der Waals surface area (Å²) in [5.74, 6) is 0.0416. The minimum Gasteiger partial charge on any atom is -0.273 e. The summed E-state index contributed by atoms with van der Waals surface area (Å²) >= 11 is 3.30. The van der Waals surface area contributed by atoms with E-state index in [9.17, 15) is 9.59 Å². The molecule has 1 aromatic carbocycles. The third-order valence-corrected chi connectivity index (χ3v) is 4.07. The van der Waals surface area contributed by atoms with Crippen LogP contribution in [-0.2, 0) is 4.79 Å². The Morgan fingerprint density at radius 1 is 1.16 bits per heavy atom. The molecule has 1 aliphatic rings. The van der Waals surface area contributed by atoms with Crippen molar-refractivity contribution in [3.8, 4) is 0 Å². The summed E-state index contributed by atoms with van der Waals surface area (Å²) in [7, 11) is 0. The van der Waals surface area contributed by atoms with Crippen LogP contribution in [0.4, 0.5) is 0 Å². The minimum absolute atomic E-state index is 0.118. The molecule has 0 aromatic heterocycles. The molecule has 19 heavy (non-hydrogen) atoms. The van der Waals surface area contributed by atoms with Crippen LogP contribution in [0, 0.1) is 5.92 Å². The van der Waals surface area contributed by atoms with Gasteiger partial charge in [-0.2, -0.15) is 0 Å². The maximum atomic E-state index is 11.9. The molecule has 4 nitrogen and oxygen atoms in total. The number of benzene rings is 1. The fraction of sp³-hybridized carbons (Fsp3) is 0.429. The van der Waals surface area contributed by atoms with Crippen LogP contribution in [0.5, 0.6) is 0 Å². The van der Waals surface area contributed by atoms with Gasteiger partial charge in [-0.25, -0.2) is 0 Å². The molecule has 2 rings (SSSR count). The van der Waals surface area contributed by atoms with Gasteiger partial charge in [-0.15, -0.1) is 0 Å². The van der Waals surface area contributed by atoms with Crippen molar-refractivity contribution in [2.24, 2.45) is 5.92 Å². The summed E-state index contributed by atoms with van der Waals surface area (Å²) in [6, 6.07) is 7.09. The maximum Gasteiger partial charge on any atom is 0.270 e. The van der Waals surface area contributed by atoms with Gasteiger partial charge < -0.3 is 0 Å². The van der Waals surface area contributed by atoms with E-state index in [1.807, 2.05) is 6.07 Å². The fourth-order valence-electron chi connectivity index (χ4n) is 2.37. The lowest BCUT2D eigenvalue weighted by Gasteiger charge is -2.11. The van der Waals surface area contributed by atoms with E-state index < -0.39 is 0 Å². The molecular formula is C14H17BrN2O2. The van der Waals surface area contributed by atoms with Gasteiger partial charge in [0.15, 0.2) is 0 Å². The van der Waals surface area contributed by atoms with E-state index in [0.717, 1.165) is 12.8 Å². The highest BCUT2D eigenvalue weighted by atomic mass is 79.9. The summed E-state index contributed by atoms with van der Waals surface area (Å²) in [5.41, 5.74) is 5.42. The van der Waals surface area contributed by atoms with Crippen LogP contribution in [0.3, 0.4) is 0 Å². The minimum atomic E-state index is -0.313. The number of rotatable bonds is 3. The summed E-state index contributed by atoms with van der Waals surface area (Å²) in [6.45, 7) is 0. The van der Waals surface area contributed by atoms with Crippen LogP contribution in [0.25, 0.3) is 0 Å². The van der Waals surface area contributed by atoms with Crippen molar-refractivity contribution < 1.29 is 9.59 Å². The van der Waals surface area contributed by atoms with Gasteiger partial charge in [-0.3, -0.25) is 20.4 Å². The van der Waals surface area contributed by atoms with Gasteiger partial charge in [0.2, 0.25) is 5.91 Å². The van der Waals surface area contributed by atoms with Gasteiger partial charge in [-0.1, -0.05) is 25.0 Å². The summed E-state index contributed by atoms with van der Waals surface area (Å²) in [6.07, 6.45) is 5.15. The van der Waals surface area contributed by atoms with Crippen LogP contribution in [0.2, 0.25) is 0 Å². The molecule has 0 bridgehead atoms. The molecule has 0 heterocycles. The monoisotopic (exact) mass is 324 g/mol. The quantitative estimate of drug-likeness (QED) is 0.840. The molecule has 0 aliphatic heterocycles. The van der Waals surface area contributed by atoms with Crippen molar-refractivity contribution >= 4 is 27.7 Å². The summed E-state index contributed by atoms with van der Waals surface area (Å²) in [5, 5.41) is 0. The van der Waals surface area contributed by atoms with Gasteiger partial charge in [0.05, 0.1) is 5.56 Å². The fourth-order valence-corrected chi connectivity index (χ4v) is 2.83. The lowest BCUT2D eigenvalue weighted by atomic mass is 10.0. The Kier molecular flexibility index (Phi) is 4.96. The molecule has 0 atom stereocenters. The first-order valence-electron chi connectivity index (χ1n) is 6.50. The molecule has 102 valence electrons. The molecule has 5 heteroatoms.